The Balaban J connectivity index is 1.44. The molecule has 0 radical (unpaired) electrons. The quantitative estimate of drug-likeness (QED) is 0.687. The number of benzene rings is 2. The molecule has 2 N–H and O–H groups in total. The maximum atomic E-state index is 13.8. The lowest BCUT2D eigenvalue weighted by Gasteiger charge is -2.18. The summed E-state index contributed by atoms with van der Waals surface area (Å²) >= 11 is 0. The number of rotatable bonds is 4. The van der Waals surface area contributed by atoms with E-state index in [1.165, 1.54) is 0 Å². The van der Waals surface area contributed by atoms with Crippen molar-refractivity contribution in [3.8, 4) is 0 Å². The maximum Gasteiger partial charge on any atom is 0.255 e. The first-order valence-electron chi connectivity index (χ1n) is 8.73. The fraction of sp³-hybridized carbons (Fsp3) is 0.250. The molecule has 1 fully saturated rings. The highest BCUT2D eigenvalue weighted by molar-refractivity contribution is 5.84. The molecule has 0 saturated carbocycles. The number of fused-ring (bicyclic) bond motifs is 1. The van der Waals surface area contributed by atoms with Crippen LogP contribution in [0.1, 0.15) is 12.0 Å². The number of anilines is 1. The third kappa shape index (κ3) is 3.68. The number of likely N-dealkylation sites (tertiary alicyclic amines) is 1. The van der Waals surface area contributed by atoms with Crippen LogP contribution in [-0.2, 0) is 6.54 Å². The van der Waals surface area contributed by atoms with Gasteiger partial charge in [0.1, 0.15) is 5.82 Å². The number of hydrogen-bond donors (Lipinski definition) is 2. The average molecular weight is 373 g/mol. The van der Waals surface area contributed by atoms with Crippen molar-refractivity contribution >= 4 is 16.5 Å². The summed E-state index contributed by atoms with van der Waals surface area (Å²) in [4.78, 5) is 16.4. The molecule has 0 aliphatic carbocycles. The second-order valence-corrected chi connectivity index (χ2v) is 6.83. The van der Waals surface area contributed by atoms with E-state index in [1.807, 2.05) is 23.1 Å². The van der Waals surface area contributed by atoms with Gasteiger partial charge in [0.15, 0.2) is 11.6 Å². The van der Waals surface area contributed by atoms with Gasteiger partial charge in [0.25, 0.3) is 5.56 Å². The van der Waals surface area contributed by atoms with Crippen molar-refractivity contribution in [1.82, 2.24) is 9.88 Å². The van der Waals surface area contributed by atoms with Crippen molar-refractivity contribution in [2.75, 3.05) is 18.4 Å². The molecule has 3 aromatic rings. The molecule has 7 heteroatoms. The van der Waals surface area contributed by atoms with Crippen LogP contribution < -0.4 is 10.9 Å². The standard InChI is InChI=1S/C20H18F3N3O/c21-14-7-13(19(23)18(22)9-14)10-26-6-4-16(11-26)25-15-1-2-17-12(8-15)3-5-24-20(17)27/h1-3,5,7-9,16,25H,4,6,10-11H2,(H,24,27). The van der Waals surface area contributed by atoms with Crippen molar-refractivity contribution in [3.63, 3.8) is 0 Å². The van der Waals surface area contributed by atoms with E-state index >= 15 is 0 Å². The van der Waals surface area contributed by atoms with E-state index in [0.717, 1.165) is 23.6 Å². The molecule has 1 aliphatic heterocycles. The van der Waals surface area contributed by atoms with Gasteiger partial charge in [-0.15, -0.1) is 0 Å². The summed E-state index contributed by atoms with van der Waals surface area (Å²) in [5.74, 6) is -2.93. The third-order valence-electron chi connectivity index (χ3n) is 4.88. The fourth-order valence-corrected chi connectivity index (χ4v) is 3.58. The van der Waals surface area contributed by atoms with Crippen LogP contribution in [0.5, 0.6) is 0 Å². The summed E-state index contributed by atoms with van der Waals surface area (Å²) < 4.78 is 40.6. The van der Waals surface area contributed by atoms with Crippen LogP contribution >= 0.6 is 0 Å². The Morgan fingerprint density at radius 2 is 2.00 bits per heavy atom. The lowest BCUT2D eigenvalue weighted by molar-refractivity contribution is 0.319. The Bertz CT molecular complexity index is 1050. The van der Waals surface area contributed by atoms with E-state index in [1.54, 1.807) is 12.3 Å². The van der Waals surface area contributed by atoms with Crippen LogP contribution in [-0.4, -0.2) is 29.0 Å². The first-order valence-corrected chi connectivity index (χ1v) is 8.73. The summed E-state index contributed by atoms with van der Waals surface area (Å²) in [6.07, 6.45) is 2.44. The van der Waals surface area contributed by atoms with Gasteiger partial charge in [0.05, 0.1) is 0 Å². The van der Waals surface area contributed by atoms with Crippen molar-refractivity contribution < 1.29 is 13.2 Å². The first kappa shape index (κ1) is 17.6. The minimum absolute atomic E-state index is 0.0260. The molecule has 27 heavy (non-hydrogen) atoms. The smallest absolute Gasteiger partial charge is 0.255 e. The summed E-state index contributed by atoms with van der Waals surface area (Å²) in [6, 6.07) is 9.10. The zero-order valence-electron chi connectivity index (χ0n) is 14.4. The minimum Gasteiger partial charge on any atom is -0.381 e. The number of hydrogen-bond acceptors (Lipinski definition) is 3. The summed E-state index contributed by atoms with van der Waals surface area (Å²) in [5.41, 5.74) is 0.788. The molecule has 2 aromatic carbocycles. The number of aromatic nitrogens is 1. The second kappa shape index (κ2) is 7.08. The normalized spacial score (nSPS) is 17.5. The van der Waals surface area contributed by atoms with E-state index in [4.69, 9.17) is 0 Å². The van der Waals surface area contributed by atoms with Crippen molar-refractivity contribution in [2.24, 2.45) is 0 Å². The zero-order valence-corrected chi connectivity index (χ0v) is 14.4. The lowest BCUT2D eigenvalue weighted by Crippen LogP contribution is -2.26. The van der Waals surface area contributed by atoms with E-state index in [-0.39, 0.29) is 23.7 Å². The fourth-order valence-electron chi connectivity index (χ4n) is 3.58. The highest BCUT2D eigenvalue weighted by atomic mass is 19.2. The number of nitrogens with zero attached hydrogens (tertiary/aromatic N) is 1. The Labute approximate surface area is 153 Å². The molecule has 0 amide bonds. The van der Waals surface area contributed by atoms with E-state index in [9.17, 15) is 18.0 Å². The predicted molar refractivity (Wildman–Crippen MR) is 98.2 cm³/mol. The zero-order chi connectivity index (χ0) is 19.0. The van der Waals surface area contributed by atoms with Gasteiger partial charge in [0, 0.05) is 54.6 Å². The van der Waals surface area contributed by atoms with Gasteiger partial charge in [-0.3, -0.25) is 9.69 Å². The van der Waals surface area contributed by atoms with Crippen LogP contribution in [0.25, 0.3) is 10.8 Å². The van der Waals surface area contributed by atoms with E-state index in [0.29, 0.717) is 24.5 Å². The molecule has 0 bridgehead atoms. The van der Waals surface area contributed by atoms with Gasteiger partial charge in [-0.1, -0.05) is 0 Å². The summed E-state index contributed by atoms with van der Waals surface area (Å²) in [6.45, 7) is 1.49. The average Bonchev–Trinajstić information content (AvgIpc) is 3.06. The van der Waals surface area contributed by atoms with Gasteiger partial charge in [-0.05, 0) is 42.1 Å². The summed E-state index contributed by atoms with van der Waals surface area (Å²) in [5, 5.41) is 4.88. The van der Waals surface area contributed by atoms with Gasteiger partial charge in [-0.25, -0.2) is 13.2 Å². The Morgan fingerprint density at radius 3 is 2.85 bits per heavy atom. The van der Waals surface area contributed by atoms with Crippen LogP contribution in [0.2, 0.25) is 0 Å². The van der Waals surface area contributed by atoms with Gasteiger partial charge < -0.3 is 10.3 Å². The van der Waals surface area contributed by atoms with Crippen LogP contribution in [0.3, 0.4) is 0 Å². The molecule has 1 atom stereocenters. The maximum absolute atomic E-state index is 13.8. The molecule has 0 spiro atoms. The van der Waals surface area contributed by atoms with Crippen molar-refractivity contribution in [1.29, 1.82) is 0 Å². The number of H-pyrrole nitrogens is 1. The van der Waals surface area contributed by atoms with Gasteiger partial charge in [0.2, 0.25) is 0 Å². The molecule has 2 heterocycles. The molecule has 4 rings (SSSR count). The number of nitrogens with one attached hydrogen (secondary N) is 2. The van der Waals surface area contributed by atoms with Crippen LogP contribution in [0, 0.1) is 17.5 Å². The largest absolute Gasteiger partial charge is 0.381 e. The van der Waals surface area contributed by atoms with Gasteiger partial charge in [-0.2, -0.15) is 0 Å². The summed E-state index contributed by atoms with van der Waals surface area (Å²) in [7, 11) is 0. The molecule has 140 valence electrons. The SMILES string of the molecule is O=c1[nH]ccc2cc(NC3CCN(Cc4cc(F)cc(F)c4F)C3)ccc12. The monoisotopic (exact) mass is 373 g/mol. The lowest BCUT2D eigenvalue weighted by atomic mass is 10.1. The number of halogens is 3. The Hall–Kier alpha value is -2.80. The molecule has 1 aromatic heterocycles. The highest BCUT2D eigenvalue weighted by Gasteiger charge is 2.24. The number of pyridine rings is 1. The van der Waals surface area contributed by atoms with E-state index < -0.39 is 17.5 Å². The van der Waals surface area contributed by atoms with Crippen LogP contribution in [0.15, 0.2) is 47.4 Å². The van der Waals surface area contributed by atoms with Gasteiger partial charge >= 0.3 is 0 Å². The van der Waals surface area contributed by atoms with Crippen LogP contribution in [0.4, 0.5) is 18.9 Å². The van der Waals surface area contributed by atoms with Crippen molar-refractivity contribution in [2.45, 2.75) is 19.0 Å². The minimum atomic E-state index is -1.16. The topological polar surface area (TPSA) is 48.1 Å². The molecule has 4 nitrogen and oxygen atoms in total. The molecular weight excluding hydrogens is 355 g/mol. The van der Waals surface area contributed by atoms with E-state index in [2.05, 4.69) is 10.3 Å². The predicted octanol–water partition coefficient (Wildman–Crippen LogP) is 3.63. The Morgan fingerprint density at radius 1 is 1.15 bits per heavy atom. The number of aromatic amines is 1. The van der Waals surface area contributed by atoms with Crippen molar-refractivity contribution in [3.05, 3.63) is 76.0 Å². The molecule has 1 aliphatic rings. The highest BCUT2D eigenvalue weighted by Crippen LogP contribution is 2.22. The first-order chi connectivity index (χ1) is 13.0. The second-order valence-electron chi connectivity index (χ2n) is 6.83. The molecule has 1 saturated heterocycles. The molecule has 1 unspecified atom stereocenters. The third-order valence-corrected chi connectivity index (χ3v) is 4.88. The Kier molecular flexibility index (Phi) is 4.61. The molecular formula is C20H18F3N3O.